The molecular weight excluding hydrogens is 157 g/mol. The largest absolute Gasteiger partial charge is 0.405 e. The minimum atomic E-state index is -4.19. The van der Waals surface area contributed by atoms with Crippen molar-refractivity contribution >= 4 is 0 Å². The van der Waals surface area contributed by atoms with Gasteiger partial charge in [-0.15, -0.1) is 0 Å². The molecule has 0 aromatic carbocycles. The summed E-state index contributed by atoms with van der Waals surface area (Å²) in [6.07, 6.45) is -3.01. The lowest BCUT2D eigenvalue weighted by molar-refractivity contribution is -0.163. The summed E-state index contributed by atoms with van der Waals surface area (Å²) in [4.78, 5) is 0. The predicted octanol–water partition coefficient (Wildman–Crippen LogP) is 0.628. The number of nitrogens with two attached hydrogens (primary N) is 1. The summed E-state index contributed by atoms with van der Waals surface area (Å²) in [5.74, 6) is 0. The summed E-state index contributed by atoms with van der Waals surface area (Å²) < 4.78 is 36.1. The van der Waals surface area contributed by atoms with Crippen molar-refractivity contribution in [2.24, 2.45) is 5.73 Å². The maximum absolute atomic E-state index is 12.0. The smallest absolute Gasteiger partial charge is 0.326 e. The van der Waals surface area contributed by atoms with Crippen LogP contribution in [0.15, 0.2) is 0 Å². The standard InChI is InChI=1S/C6H11F3N2/c7-6(8,9)5-4(10)2-1-3-11-5/h4-5,11H,1-3,10H2/t4-,5+/m0/s1. The lowest BCUT2D eigenvalue weighted by Crippen LogP contribution is -2.57. The van der Waals surface area contributed by atoms with Crippen molar-refractivity contribution in [3.63, 3.8) is 0 Å². The van der Waals surface area contributed by atoms with Gasteiger partial charge < -0.3 is 11.1 Å². The van der Waals surface area contributed by atoms with Gasteiger partial charge in [0, 0.05) is 6.04 Å². The Hall–Kier alpha value is -0.290. The number of piperidine rings is 1. The lowest BCUT2D eigenvalue weighted by atomic mass is 9.99. The predicted molar refractivity (Wildman–Crippen MR) is 35.1 cm³/mol. The molecule has 1 saturated heterocycles. The molecule has 66 valence electrons. The van der Waals surface area contributed by atoms with E-state index in [1.54, 1.807) is 0 Å². The maximum atomic E-state index is 12.0. The summed E-state index contributed by atoms with van der Waals surface area (Å²) in [6.45, 7) is 0.415. The Labute approximate surface area is 62.9 Å². The molecule has 3 N–H and O–H groups in total. The molecule has 0 radical (unpaired) electrons. The summed E-state index contributed by atoms with van der Waals surface area (Å²) in [5.41, 5.74) is 5.28. The highest BCUT2D eigenvalue weighted by Gasteiger charge is 2.44. The number of rotatable bonds is 0. The van der Waals surface area contributed by atoms with Gasteiger partial charge in [-0.2, -0.15) is 13.2 Å². The second-order valence-corrected chi connectivity index (χ2v) is 2.78. The molecule has 0 aromatic rings. The van der Waals surface area contributed by atoms with Crippen LogP contribution < -0.4 is 11.1 Å². The van der Waals surface area contributed by atoms with Gasteiger partial charge >= 0.3 is 6.18 Å². The van der Waals surface area contributed by atoms with Gasteiger partial charge in [-0.25, -0.2) is 0 Å². The Balaban J connectivity index is 2.55. The fraction of sp³-hybridized carbons (Fsp3) is 1.00. The van der Waals surface area contributed by atoms with Crippen LogP contribution in [0.2, 0.25) is 0 Å². The zero-order valence-corrected chi connectivity index (χ0v) is 5.99. The van der Waals surface area contributed by atoms with E-state index in [4.69, 9.17) is 5.73 Å². The molecule has 0 unspecified atom stereocenters. The van der Waals surface area contributed by atoms with Crippen molar-refractivity contribution < 1.29 is 13.2 Å². The average Bonchev–Trinajstić information content (AvgIpc) is 1.86. The molecule has 11 heavy (non-hydrogen) atoms. The molecule has 5 heteroatoms. The first kappa shape index (κ1) is 8.80. The minimum Gasteiger partial charge on any atom is -0.326 e. The average molecular weight is 168 g/mol. The van der Waals surface area contributed by atoms with Gasteiger partial charge in [0.15, 0.2) is 0 Å². The highest BCUT2D eigenvalue weighted by atomic mass is 19.4. The Kier molecular flexibility index (Phi) is 2.39. The third-order valence-electron chi connectivity index (χ3n) is 1.86. The molecule has 0 amide bonds. The SMILES string of the molecule is N[C@H]1CCCN[C@H]1C(F)(F)F. The quantitative estimate of drug-likeness (QED) is 0.556. The summed E-state index contributed by atoms with van der Waals surface area (Å²) in [6, 6.07) is -2.28. The Bertz CT molecular complexity index is 134. The Morgan fingerprint density at radius 2 is 2.00 bits per heavy atom. The van der Waals surface area contributed by atoms with E-state index in [2.05, 4.69) is 5.32 Å². The van der Waals surface area contributed by atoms with E-state index in [9.17, 15) is 13.2 Å². The van der Waals surface area contributed by atoms with Gasteiger partial charge in [0.25, 0.3) is 0 Å². The maximum Gasteiger partial charge on any atom is 0.405 e. The zero-order chi connectivity index (χ0) is 8.48. The molecule has 0 aromatic heterocycles. The summed E-state index contributed by atoms with van der Waals surface area (Å²) in [7, 11) is 0. The van der Waals surface area contributed by atoms with Crippen molar-refractivity contribution in [2.75, 3.05) is 6.54 Å². The van der Waals surface area contributed by atoms with Crippen LogP contribution in [0.4, 0.5) is 13.2 Å². The first-order valence-corrected chi connectivity index (χ1v) is 3.57. The molecular formula is C6H11F3N2. The van der Waals surface area contributed by atoms with E-state index in [0.29, 0.717) is 13.0 Å². The van der Waals surface area contributed by atoms with Crippen molar-refractivity contribution in [2.45, 2.75) is 31.1 Å². The summed E-state index contributed by atoms with van der Waals surface area (Å²) in [5, 5.41) is 2.36. The molecule has 1 aliphatic heterocycles. The molecule has 1 aliphatic rings. The number of hydrogen-bond acceptors (Lipinski definition) is 2. The van der Waals surface area contributed by atoms with Crippen molar-refractivity contribution in [3.05, 3.63) is 0 Å². The van der Waals surface area contributed by atoms with E-state index in [-0.39, 0.29) is 0 Å². The second kappa shape index (κ2) is 2.98. The molecule has 0 saturated carbocycles. The van der Waals surface area contributed by atoms with Crippen molar-refractivity contribution in [1.29, 1.82) is 0 Å². The topological polar surface area (TPSA) is 38.0 Å². The fourth-order valence-corrected chi connectivity index (χ4v) is 1.27. The molecule has 0 spiro atoms. The van der Waals surface area contributed by atoms with Crippen LogP contribution >= 0.6 is 0 Å². The molecule has 2 nitrogen and oxygen atoms in total. The molecule has 1 rings (SSSR count). The van der Waals surface area contributed by atoms with E-state index in [0.717, 1.165) is 6.42 Å². The molecule has 0 bridgehead atoms. The van der Waals surface area contributed by atoms with Gasteiger partial charge in [0.05, 0.1) is 0 Å². The Morgan fingerprint density at radius 1 is 1.36 bits per heavy atom. The van der Waals surface area contributed by atoms with E-state index in [1.165, 1.54) is 0 Å². The van der Waals surface area contributed by atoms with Gasteiger partial charge in [0.2, 0.25) is 0 Å². The third kappa shape index (κ3) is 2.07. The third-order valence-corrected chi connectivity index (χ3v) is 1.86. The number of halogens is 3. The first-order chi connectivity index (χ1) is 5.02. The normalized spacial score (nSPS) is 33.8. The van der Waals surface area contributed by atoms with Crippen LogP contribution in [0.3, 0.4) is 0 Å². The molecule has 1 heterocycles. The van der Waals surface area contributed by atoms with Crippen LogP contribution in [0.5, 0.6) is 0 Å². The first-order valence-electron chi connectivity index (χ1n) is 3.57. The van der Waals surface area contributed by atoms with Crippen LogP contribution in [0.25, 0.3) is 0 Å². The molecule has 1 fully saturated rings. The summed E-state index contributed by atoms with van der Waals surface area (Å²) >= 11 is 0. The van der Waals surface area contributed by atoms with Crippen LogP contribution in [0.1, 0.15) is 12.8 Å². The van der Waals surface area contributed by atoms with Crippen LogP contribution in [0, 0.1) is 0 Å². The molecule has 0 aliphatic carbocycles. The minimum absolute atomic E-state index is 0.415. The van der Waals surface area contributed by atoms with Crippen molar-refractivity contribution in [3.8, 4) is 0 Å². The van der Waals surface area contributed by atoms with Crippen LogP contribution in [-0.2, 0) is 0 Å². The monoisotopic (exact) mass is 168 g/mol. The second-order valence-electron chi connectivity index (χ2n) is 2.78. The van der Waals surface area contributed by atoms with Gasteiger partial charge in [-0.05, 0) is 19.4 Å². The fourth-order valence-electron chi connectivity index (χ4n) is 1.27. The van der Waals surface area contributed by atoms with Gasteiger partial charge in [0.1, 0.15) is 6.04 Å². The number of nitrogens with one attached hydrogen (secondary N) is 1. The van der Waals surface area contributed by atoms with E-state index >= 15 is 0 Å². The van der Waals surface area contributed by atoms with Gasteiger partial charge in [-0.3, -0.25) is 0 Å². The van der Waals surface area contributed by atoms with E-state index in [1.807, 2.05) is 0 Å². The zero-order valence-electron chi connectivity index (χ0n) is 5.99. The Morgan fingerprint density at radius 3 is 2.36 bits per heavy atom. The van der Waals surface area contributed by atoms with E-state index < -0.39 is 18.3 Å². The molecule has 2 atom stereocenters. The highest BCUT2D eigenvalue weighted by Crippen LogP contribution is 2.25. The highest BCUT2D eigenvalue weighted by molar-refractivity contribution is 4.88. The number of hydrogen-bond donors (Lipinski definition) is 2. The number of alkyl halides is 3. The lowest BCUT2D eigenvalue weighted by Gasteiger charge is -2.31. The van der Waals surface area contributed by atoms with Crippen LogP contribution in [-0.4, -0.2) is 24.8 Å². The van der Waals surface area contributed by atoms with Gasteiger partial charge in [-0.1, -0.05) is 0 Å². The van der Waals surface area contributed by atoms with Crippen molar-refractivity contribution in [1.82, 2.24) is 5.32 Å².